The lowest BCUT2D eigenvalue weighted by atomic mass is 9.98. The van der Waals surface area contributed by atoms with Crippen LogP contribution in [0.5, 0.6) is 11.5 Å². The Bertz CT molecular complexity index is 358. The van der Waals surface area contributed by atoms with Crippen LogP contribution in [-0.4, -0.2) is 13.7 Å². The molecule has 1 atom stereocenters. The van der Waals surface area contributed by atoms with Gasteiger partial charge in [-0.15, -0.1) is 0 Å². The van der Waals surface area contributed by atoms with E-state index in [1.807, 2.05) is 6.07 Å². The highest BCUT2D eigenvalue weighted by Crippen LogP contribution is 2.31. The maximum atomic E-state index is 5.78. The van der Waals surface area contributed by atoms with Gasteiger partial charge in [-0.2, -0.15) is 0 Å². The standard InChI is InChI=1S/C16H26O2/c1-6-13(4)14-7-8-15(16(11-14)17-5)18-10-9-12(2)3/h7-8,11-13H,6,9-10H2,1-5H3. The number of methoxy groups -OCH3 is 1. The minimum Gasteiger partial charge on any atom is -0.493 e. The Hall–Kier alpha value is -1.18. The molecule has 0 saturated carbocycles. The smallest absolute Gasteiger partial charge is 0.161 e. The molecule has 0 aliphatic carbocycles. The molecule has 1 aromatic carbocycles. The summed E-state index contributed by atoms with van der Waals surface area (Å²) in [5, 5.41) is 0. The third-order valence-electron chi connectivity index (χ3n) is 3.32. The van der Waals surface area contributed by atoms with Crippen LogP contribution in [0.25, 0.3) is 0 Å². The van der Waals surface area contributed by atoms with Crippen LogP contribution in [0.15, 0.2) is 18.2 Å². The van der Waals surface area contributed by atoms with E-state index < -0.39 is 0 Å². The van der Waals surface area contributed by atoms with Gasteiger partial charge in [-0.25, -0.2) is 0 Å². The second-order valence-corrected chi connectivity index (χ2v) is 5.25. The van der Waals surface area contributed by atoms with E-state index >= 15 is 0 Å². The maximum absolute atomic E-state index is 5.78. The zero-order valence-corrected chi connectivity index (χ0v) is 12.3. The average molecular weight is 250 g/mol. The van der Waals surface area contributed by atoms with Gasteiger partial charge in [-0.3, -0.25) is 0 Å². The second kappa shape index (κ2) is 7.30. The van der Waals surface area contributed by atoms with Gasteiger partial charge in [0.25, 0.3) is 0 Å². The first-order valence-electron chi connectivity index (χ1n) is 6.89. The summed E-state index contributed by atoms with van der Waals surface area (Å²) in [7, 11) is 1.70. The minimum absolute atomic E-state index is 0.559. The van der Waals surface area contributed by atoms with Crippen molar-refractivity contribution >= 4 is 0 Å². The second-order valence-electron chi connectivity index (χ2n) is 5.25. The molecule has 0 heterocycles. The fraction of sp³-hybridized carbons (Fsp3) is 0.625. The molecule has 0 aromatic heterocycles. The van der Waals surface area contributed by atoms with Crippen LogP contribution in [-0.2, 0) is 0 Å². The van der Waals surface area contributed by atoms with Gasteiger partial charge in [0.15, 0.2) is 11.5 Å². The van der Waals surface area contributed by atoms with Crippen molar-refractivity contribution in [3.05, 3.63) is 23.8 Å². The van der Waals surface area contributed by atoms with Crippen LogP contribution in [0.4, 0.5) is 0 Å². The molecule has 18 heavy (non-hydrogen) atoms. The van der Waals surface area contributed by atoms with E-state index in [0.29, 0.717) is 11.8 Å². The molecule has 0 aliphatic rings. The predicted molar refractivity (Wildman–Crippen MR) is 76.7 cm³/mol. The van der Waals surface area contributed by atoms with E-state index in [1.165, 1.54) is 5.56 Å². The number of rotatable bonds is 7. The fourth-order valence-corrected chi connectivity index (χ4v) is 1.75. The third-order valence-corrected chi connectivity index (χ3v) is 3.32. The summed E-state index contributed by atoms with van der Waals surface area (Å²) in [5.74, 6) is 2.92. The highest BCUT2D eigenvalue weighted by molar-refractivity contribution is 5.43. The fourth-order valence-electron chi connectivity index (χ4n) is 1.75. The Labute approximate surface area is 111 Å². The molecule has 1 aromatic rings. The van der Waals surface area contributed by atoms with E-state index in [0.717, 1.165) is 30.9 Å². The van der Waals surface area contributed by atoms with E-state index in [4.69, 9.17) is 9.47 Å². The SMILES string of the molecule is CCC(C)c1ccc(OCCC(C)C)c(OC)c1. The number of hydrogen-bond acceptors (Lipinski definition) is 2. The minimum atomic E-state index is 0.559. The number of benzene rings is 1. The van der Waals surface area contributed by atoms with Crippen molar-refractivity contribution in [3.63, 3.8) is 0 Å². The quantitative estimate of drug-likeness (QED) is 0.702. The molecule has 2 heteroatoms. The lowest BCUT2D eigenvalue weighted by Crippen LogP contribution is -2.03. The molecule has 0 amide bonds. The van der Waals surface area contributed by atoms with Gasteiger partial charge in [0.1, 0.15) is 0 Å². The van der Waals surface area contributed by atoms with Crippen molar-refractivity contribution in [2.45, 2.75) is 46.5 Å². The molecular formula is C16H26O2. The summed E-state index contributed by atoms with van der Waals surface area (Å²) in [6, 6.07) is 6.26. The Balaban J connectivity index is 2.74. The highest BCUT2D eigenvalue weighted by atomic mass is 16.5. The zero-order valence-electron chi connectivity index (χ0n) is 12.3. The average Bonchev–Trinajstić information content (AvgIpc) is 2.37. The van der Waals surface area contributed by atoms with Crippen LogP contribution >= 0.6 is 0 Å². The van der Waals surface area contributed by atoms with Gasteiger partial charge in [0.2, 0.25) is 0 Å². The van der Waals surface area contributed by atoms with Gasteiger partial charge in [0.05, 0.1) is 13.7 Å². The number of hydrogen-bond donors (Lipinski definition) is 0. The lowest BCUT2D eigenvalue weighted by Gasteiger charge is -2.15. The molecule has 102 valence electrons. The maximum Gasteiger partial charge on any atom is 0.161 e. The van der Waals surface area contributed by atoms with Crippen molar-refractivity contribution in [2.75, 3.05) is 13.7 Å². The molecular weight excluding hydrogens is 224 g/mol. The van der Waals surface area contributed by atoms with Gasteiger partial charge < -0.3 is 9.47 Å². The molecule has 0 N–H and O–H groups in total. The summed E-state index contributed by atoms with van der Waals surface area (Å²) < 4.78 is 11.2. The molecule has 0 spiro atoms. The van der Waals surface area contributed by atoms with Crippen molar-refractivity contribution in [3.8, 4) is 11.5 Å². The Morgan fingerprint density at radius 1 is 1.11 bits per heavy atom. The van der Waals surface area contributed by atoms with Gasteiger partial charge >= 0.3 is 0 Å². The third kappa shape index (κ3) is 4.25. The van der Waals surface area contributed by atoms with Crippen LogP contribution in [0.3, 0.4) is 0 Å². The zero-order chi connectivity index (χ0) is 13.5. The predicted octanol–water partition coefficient (Wildman–Crippen LogP) is 4.63. The summed E-state index contributed by atoms with van der Waals surface area (Å²) >= 11 is 0. The Morgan fingerprint density at radius 3 is 2.39 bits per heavy atom. The van der Waals surface area contributed by atoms with Gasteiger partial charge in [-0.1, -0.05) is 33.8 Å². The monoisotopic (exact) mass is 250 g/mol. The summed E-state index contributed by atoms with van der Waals surface area (Å²) in [6.45, 7) is 9.58. The molecule has 0 saturated heterocycles. The van der Waals surface area contributed by atoms with E-state index in [9.17, 15) is 0 Å². The van der Waals surface area contributed by atoms with E-state index in [-0.39, 0.29) is 0 Å². The first-order chi connectivity index (χ1) is 8.58. The van der Waals surface area contributed by atoms with E-state index in [1.54, 1.807) is 7.11 Å². The van der Waals surface area contributed by atoms with Crippen LogP contribution in [0.1, 0.15) is 52.0 Å². The molecule has 1 unspecified atom stereocenters. The number of ether oxygens (including phenoxy) is 2. The van der Waals surface area contributed by atoms with Crippen molar-refractivity contribution < 1.29 is 9.47 Å². The largest absolute Gasteiger partial charge is 0.493 e. The Kier molecular flexibility index (Phi) is 6.03. The summed E-state index contributed by atoms with van der Waals surface area (Å²) in [4.78, 5) is 0. The molecule has 0 aliphatic heterocycles. The van der Waals surface area contributed by atoms with Crippen molar-refractivity contribution in [1.82, 2.24) is 0 Å². The first kappa shape index (κ1) is 14.9. The molecule has 0 bridgehead atoms. The van der Waals surface area contributed by atoms with Crippen LogP contribution in [0, 0.1) is 5.92 Å². The molecule has 1 rings (SSSR count). The molecule has 0 radical (unpaired) electrons. The van der Waals surface area contributed by atoms with Crippen LogP contribution in [0.2, 0.25) is 0 Å². The molecule has 0 fully saturated rings. The first-order valence-corrected chi connectivity index (χ1v) is 6.89. The van der Waals surface area contributed by atoms with Gasteiger partial charge in [-0.05, 0) is 42.4 Å². The van der Waals surface area contributed by atoms with Gasteiger partial charge in [0, 0.05) is 0 Å². The van der Waals surface area contributed by atoms with Crippen molar-refractivity contribution in [1.29, 1.82) is 0 Å². The van der Waals surface area contributed by atoms with Crippen molar-refractivity contribution in [2.24, 2.45) is 5.92 Å². The Morgan fingerprint density at radius 2 is 1.83 bits per heavy atom. The summed E-state index contributed by atoms with van der Waals surface area (Å²) in [6.07, 6.45) is 2.20. The summed E-state index contributed by atoms with van der Waals surface area (Å²) in [5.41, 5.74) is 1.31. The molecule has 2 nitrogen and oxygen atoms in total. The van der Waals surface area contributed by atoms with E-state index in [2.05, 4.69) is 39.8 Å². The topological polar surface area (TPSA) is 18.5 Å². The highest BCUT2D eigenvalue weighted by Gasteiger charge is 2.09. The van der Waals surface area contributed by atoms with Crippen LogP contribution < -0.4 is 9.47 Å². The normalized spacial score (nSPS) is 12.6. The lowest BCUT2D eigenvalue weighted by molar-refractivity contribution is 0.273.